The van der Waals surface area contributed by atoms with E-state index >= 15 is 0 Å². The molecule has 2 aromatic rings. The lowest BCUT2D eigenvalue weighted by atomic mass is 10.00. The summed E-state index contributed by atoms with van der Waals surface area (Å²) < 4.78 is 5.37. The molecule has 1 unspecified atom stereocenters. The van der Waals surface area contributed by atoms with Gasteiger partial charge in [0, 0.05) is 13.0 Å². The highest BCUT2D eigenvalue weighted by Crippen LogP contribution is 2.25. The minimum absolute atomic E-state index is 0.332. The molecule has 1 aliphatic rings. The van der Waals surface area contributed by atoms with E-state index in [1.54, 1.807) is 6.07 Å². The van der Waals surface area contributed by atoms with Gasteiger partial charge >= 0.3 is 0 Å². The molecule has 0 radical (unpaired) electrons. The summed E-state index contributed by atoms with van der Waals surface area (Å²) in [5.74, 6) is 1.75. The Morgan fingerprint density at radius 2 is 2.20 bits per heavy atom. The van der Waals surface area contributed by atoms with E-state index in [0.717, 1.165) is 37.4 Å². The van der Waals surface area contributed by atoms with E-state index in [0.29, 0.717) is 28.2 Å². The van der Waals surface area contributed by atoms with Gasteiger partial charge in [-0.15, -0.1) is 0 Å². The molecule has 0 aliphatic carbocycles. The van der Waals surface area contributed by atoms with Crippen molar-refractivity contribution in [3.8, 4) is 0 Å². The number of hydrogen-bond acceptors (Lipinski definition) is 4. The number of rotatable bonds is 3. The predicted molar refractivity (Wildman–Crippen MR) is 78.4 cm³/mol. The van der Waals surface area contributed by atoms with Crippen molar-refractivity contribution < 1.29 is 4.52 Å². The average Bonchev–Trinajstić information content (AvgIpc) is 2.92. The van der Waals surface area contributed by atoms with Gasteiger partial charge in [-0.1, -0.05) is 34.4 Å². The van der Waals surface area contributed by atoms with Crippen LogP contribution in [0.1, 0.15) is 36.0 Å². The van der Waals surface area contributed by atoms with E-state index in [1.165, 1.54) is 0 Å². The number of piperidine rings is 1. The van der Waals surface area contributed by atoms with Gasteiger partial charge in [0.1, 0.15) is 0 Å². The topological polar surface area (TPSA) is 51.0 Å². The molecule has 6 heteroatoms. The van der Waals surface area contributed by atoms with Crippen LogP contribution in [0.3, 0.4) is 0 Å². The van der Waals surface area contributed by atoms with E-state index < -0.39 is 0 Å². The standard InChI is InChI=1S/C14H15Cl2N3O/c15-11-4-3-9(6-12(11)16)7-13-18-14(20-19-13)10-2-1-5-17-8-10/h3-4,6,10,17H,1-2,5,7-8H2. The summed E-state index contributed by atoms with van der Waals surface area (Å²) in [5.41, 5.74) is 1.02. The number of nitrogens with one attached hydrogen (secondary N) is 1. The predicted octanol–water partition coefficient (Wildman–Crippen LogP) is 3.43. The van der Waals surface area contributed by atoms with Crippen LogP contribution in [0, 0.1) is 0 Å². The van der Waals surface area contributed by atoms with Crippen molar-refractivity contribution in [2.75, 3.05) is 13.1 Å². The molecule has 1 fully saturated rings. The molecule has 1 aromatic heterocycles. The maximum atomic E-state index is 6.00. The Labute approximate surface area is 127 Å². The first kappa shape index (κ1) is 13.9. The Morgan fingerprint density at radius 3 is 2.95 bits per heavy atom. The molecule has 1 N–H and O–H groups in total. The van der Waals surface area contributed by atoms with Gasteiger partial charge < -0.3 is 9.84 Å². The maximum Gasteiger partial charge on any atom is 0.231 e. The zero-order chi connectivity index (χ0) is 13.9. The van der Waals surface area contributed by atoms with E-state index in [1.807, 2.05) is 12.1 Å². The molecule has 106 valence electrons. The maximum absolute atomic E-state index is 6.00. The second-order valence-corrected chi connectivity index (χ2v) is 5.83. The molecule has 1 aromatic carbocycles. The first-order valence-corrected chi connectivity index (χ1v) is 7.45. The van der Waals surface area contributed by atoms with Gasteiger partial charge in [-0.3, -0.25) is 0 Å². The Hall–Kier alpha value is -1.10. The van der Waals surface area contributed by atoms with Crippen molar-refractivity contribution in [2.45, 2.75) is 25.2 Å². The molecule has 4 nitrogen and oxygen atoms in total. The fourth-order valence-corrected chi connectivity index (χ4v) is 2.72. The third-order valence-corrected chi connectivity index (χ3v) is 4.22. The smallest absolute Gasteiger partial charge is 0.231 e. The summed E-state index contributed by atoms with van der Waals surface area (Å²) in [4.78, 5) is 4.49. The highest BCUT2D eigenvalue weighted by Gasteiger charge is 2.21. The minimum atomic E-state index is 0.332. The van der Waals surface area contributed by atoms with Crippen molar-refractivity contribution in [3.05, 3.63) is 45.5 Å². The van der Waals surface area contributed by atoms with Crippen LogP contribution in [-0.4, -0.2) is 23.2 Å². The molecular formula is C14H15Cl2N3O. The molecule has 0 bridgehead atoms. The SMILES string of the molecule is Clc1ccc(Cc2noc(C3CCCNC3)n2)cc1Cl. The van der Waals surface area contributed by atoms with Gasteiger partial charge in [0.05, 0.1) is 16.0 Å². The fraction of sp³-hybridized carbons (Fsp3) is 0.429. The quantitative estimate of drug-likeness (QED) is 0.943. The first-order valence-electron chi connectivity index (χ1n) is 6.69. The summed E-state index contributed by atoms with van der Waals surface area (Å²) >= 11 is 11.9. The molecule has 3 rings (SSSR count). The summed E-state index contributed by atoms with van der Waals surface area (Å²) in [6, 6.07) is 5.54. The minimum Gasteiger partial charge on any atom is -0.339 e. The van der Waals surface area contributed by atoms with Gasteiger partial charge in [-0.2, -0.15) is 4.98 Å². The molecule has 20 heavy (non-hydrogen) atoms. The van der Waals surface area contributed by atoms with E-state index in [2.05, 4.69) is 15.5 Å². The third kappa shape index (κ3) is 3.14. The number of nitrogens with zero attached hydrogens (tertiary/aromatic N) is 2. The molecule has 1 aliphatic heterocycles. The van der Waals surface area contributed by atoms with Crippen molar-refractivity contribution in [2.24, 2.45) is 0 Å². The highest BCUT2D eigenvalue weighted by molar-refractivity contribution is 6.42. The zero-order valence-electron chi connectivity index (χ0n) is 10.9. The van der Waals surface area contributed by atoms with E-state index in [9.17, 15) is 0 Å². The number of aromatic nitrogens is 2. The second kappa shape index (κ2) is 6.12. The zero-order valence-corrected chi connectivity index (χ0v) is 12.4. The lowest BCUT2D eigenvalue weighted by molar-refractivity contribution is 0.320. The van der Waals surface area contributed by atoms with Crippen LogP contribution >= 0.6 is 23.2 Å². The Bertz CT molecular complexity index is 594. The van der Waals surface area contributed by atoms with Gasteiger partial charge in [0.25, 0.3) is 0 Å². The lowest BCUT2D eigenvalue weighted by Gasteiger charge is -2.18. The lowest BCUT2D eigenvalue weighted by Crippen LogP contribution is -2.28. The average molecular weight is 312 g/mol. The second-order valence-electron chi connectivity index (χ2n) is 5.02. The van der Waals surface area contributed by atoms with Gasteiger partial charge in [0.15, 0.2) is 5.82 Å². The molecule has 1 saturated heterocycles. The van der Waals surface area contributed by atoms with Crippen LogP contribution in [-0.2, 0) is 6.42 Å². The van der Waals surface area contributed by atoms with Crippen molar-refractivity contribution in [3.63, 3.8) is 0 Å². The summed E-state index contributed by atoms with van der Waals surface area (Å²) in [6.07, 6.45) is 2.84. The normalized spacial score (nSPS) is 19.2. The molecule has 0 amide bonds. The fourth-order valence-electron chi connectivity index (χ4n) is 2.40. The Balaban J connectivity index is 1.71. The van der Waals surface area contributed by atoms with Crippen LogP contribution in [0.15, 0.2) is 22.7 Å². The van der Waals surface area contributed by atoms with Crippen LogP contribution in [0.4, 0.5) is 0 Å². The molecule has 0 saturated carbocycles. The summed E-state index contributed by atoms with van der Waals surface area (Å²) in [7, 11) is 0. The summed E-state index contributed by atoms with van der Waals surface area (Å²) in [6.45, 7) is 1.98. The number of halogens is 2. The van der Waals surface area contributed by atoms with Gasteiger partial charge in [-0.05, 0) is 37.1 Å². The van der Waals surface area contributed by atoms with E-state index in [-0.39, 0.29) is 0 Å². The largest absolute Gasteiger partial charge is 0.339 e. The molecule has 2 heterocycles. The monoisotopic (exact) mass is 311 g/mol. The highest BCUT2D eigenvalue weighted by atomic mass is 35.5. The molecule has 1 atom stereocenters. The third-order valence-electron chi connectivity index (χ3n) is 3.48. The van der Waals surface area contributed by atoms with Gasteiger partial charge in [-0.25, -0.2) is 0 Å². The van der Waals surface area contributed by atoms with Crippen molar-refractivity contribution in [1.29, 1.82) is 0 Å². The number of hydrogen-bond donors (Lipinski definition) is 1. The Kier molecular flexibility index (Phi) is 4.24. The molecule has 0 spiro atoms. The first-order chi connectivity index (χ1) is 9.72. The number of benzene rings is 1. The molecular weight excluding hydrogens is 297 g/mol. The Morgan fingerprint density at radius 1 is 1.30 bits per heavy atom. The van der Waals surface area contributed by atoms with Crippen LogP contribution in [0.2, 0.25) is 10.0 Å². The van der Waals surface area contributed by atoms with Gasteiger partial charge in [0.2, 0.25) is 5.89 Å². The van der Waals surface area contributed by atoms with Crippen molar-refractivity contribution >= 4 is 23.2 Å². The van der Waals surface area contributed by atoms with Crippen LogP contribution in [0.25, 0.3) is 0 Å². The van der Waals surface area contributed by atoms with Crippen LogP contribution < -0.4 is 5.32 Å². The van der Waals surface area contributed by atoms with Crippen LogP contribution in [0.5, 0.6) is 0 Å². The van der Waals surface area contributed by atoms with E-state index in [4.69, 9.17) is 27.7 Å². The van der Waals surface area contributed by atoms with Crippen molar-refractivity contribution in [1.82, 2.24) is 15.5 Å². The summed E-state index contributed by atoms with van der Waals surface area (Å²) in [5, 5.41) is 8.49.